The molecule has 2 N–H and O–H groups in total. The molecule has 84 valence electrons. The van der Waals surface area contributed by atoms with Gasteiger partial charge in [0.25, 0.3) is 0 Å². The molecule has 0 amide bonds. The molecule has 0 saturated carbocycles. The molecule has 1 aromatic rings. The standard InChI is InChI=1S/C10H16N2O2S/c1-2-12(15(13,14)9-8-11)10-6-4-3-5-7-10/h3-7H,2,8-9,11H2,1H3. The van der Waals surface area contributed by atoms with Gasteiger partial charge in [-0.3, -0.25) is 4.31 Å². The number of nitrogens with two attached hydrogens (primary N) is 1. The minimum absolute atomic E-state index is 0.0181. The first-order valence-electron chi connectivity index (χ1n) is 4.87. The Morgan fingerprint density at radius 1 is 1.27 bits per heavy atom. The van der Waals surface area contributed by atoms with Crippen LogP contribution in [0.3, 0.4) is 0 Å². The molecule has 0 aliphatic carbocycles. The third kappa shape index (κ3) is 2.94. The molecule has 0 bridgehead atoms. The van der Waals surface area contributed by atoms with Crippen molar-refractivity contribution in [3.63, 3.8) is 0 Å². The molecule has 0 aliphatic heterocycles. The number of para-hydroxylation sites is 1. The maximum atomic E-state index is 11.8. The minimum Gasteiger partial charge on any atom is -0.329 e. The van der Waals surface area contributed by atoms with Crippen LogP contribution in [0, 0.1) is 0 Å². The zero-order chi connectivity index (χ0) is 11.3. The first kappa shape index (κ1) is 12.0. The lowest BCUT2D eigenvalue weighted by Crippen LogP contribution is -2.35. The summed E-state index contributed by atoms with van der Waals surface area (Å²) in [4.78, 5) is 0. The summed E-state index contributed by atoms with van der Waals surface area (Å²) in [6.45, 7) is 2.37. The fourth-order valence-electron chi connectivity index (χ4n) is 1.39. The molecule has 0 aliphatic rings. The van der Waals surface area contributed by atoms with E-state index in [4.69, 9.17) is 5.73 Å². The Morgan fingerprint density at radius 2 is 1.87 bits per heavy atom. The van der Waals surface area contributed by atoms with Gasteiger partial charge in [0.1, 0.15) is 0 Å². The van der Waals surface area contributed by atoms with Crippen molar-refractivity contribution >= 4 is 15.7 Å². The molecule has 0 radical (unpaired) electrons. The summed E-state index contributed by atoms with van der Waals surface area (Å²) in [5, 5.41) is 0. The quantitative estimate of drug-likeness (QED) is 0.811. The monoisotopic (exact) mass is 228 g/mol. The van der Waals surface area contributed by atoms with Gasteiger partial charge in [-0.1, -0.05) is 18.2 Å². The maximum absolute atomic E-state index is 11.8. The van der Waals surface area contributed by atoms with Gasteiger partial charge in [0.05, 0.1) is 11.4 Å². The molecular weight excluding hydrogens is 212 g/mol. The van der Waals surface area contributed by atoms with E-state index in [0.717, 1.165) is 0 Å². The van der Waals surface area contributed by atoms with Crippen molar-refractivity contribution in [2.24, 2.45) is 5.73 Å². The second-order valence-electron chi connectivity index (χ2n) is 3.10. The van der Waals surface area contributed by atoms with Gasteiger partial charge in [0.2, 0.25) is 10.0 Å². The minimum atomic E-state index is -3.27. The highest BCUT2D eigenvalue weighted by Crippen LogP contribution is 2.16. The first-order chi connectivity index (χ1) is 7.11. The zero-order valence-electron chi connectivity index (χ0n) is 8.76. The number of anilines is 1. The molecule has 1 aromatic carbocycles. The highest BCUT2D eigenvalue weighted by atomic mass is 32.2. The molecular formula is C10H16N2O2S. The number of sulfonamides is 1. The topological polar surface area (TPSA) is 63.4 Å². The average molecular weight is 228 g/mol. The zero-order valence-corrected chi connectivity index (χ0v) is 9.57. The van der Waals surface area contributed by atoms with Gasteiger partial charge in [-0.25, -0.2) is 8.42 Å². The normalized spacial score (nSPS) is 11.3. The number of hydrogen-bond donors (Lipinski definition) is 1. The van der Waals surface area contributed by atoms with Crippen molar-refractivity contribution in [2.75, 3.05) is 23.1 Å². The van der Waals surface area contributed by atoms with E-state index in [1.54, 1.807) is 19.1 Å². The van der Waals surface area contributed by atoms with Gasteiger partial charge < -0.3 is 5.73 Å². The molecule has 0 unspecified atom stereocenters. The van der Waals surface area contributed by atoms with E-state index in [0.29, 0.717) is 12.2 Å². The van der Waals surface area contributed by atoms with E-state index in [1.165, 1.54) is 4.31 Å². The van der Waals surface area contributed by atoms with Crippen LogP contribution >= 0.6 is 0 Å². The van der Waals surface area contributed by atoms with Gasteiger partial charge in [0, 0.05) is 13.1 Å². The molecule has 15 heavy (non-hydrogen) atoms. The number of hydrogen-bond acceptors (Lipinski definition) is 3. The van der Waals surface area contributed by atoms with Crippen LogP contribution in [-0.2, 0) is 10.0 Å². The lowest BCUT2D eigenvalue weighted by Gasteiger charge is -2.22. The summed E-state index contributed by atoms with van der Waals surface area (Å²) in [5.74, 6) is -0.0181. The summed E-state index contributed by atoms with van der Waals surface area (Å²) in [7, 11) is -3.27. The lowest BCUT2D eigenvalue weighted by molar-refractivity contribution is 0.591. The molecule has 0 aromatic heterocycles. The summed E-state index contributed by atoms with van der Waals surface area (Å²) >= 11 is 0. The lowest BCUT2D eigenvalue weighted by atomic mass is 10.3. The van der Waals surface area contributed by atoms with Gasteiger partial charge >= 0.3 is 0 Å². The SMILES string of the molecule is CCN(c1ccccc1)S(=O)(=O)CCN. The van der Waals surface area contributed by atoms with Gasteiger partial charge in [-0.15, -0.1) is 0 Å². The predicted molar refractivity (Wildman–Crippen MR) is 62.3 cm³/mol. The van der Waals surface area contributed by atoms with Crippen molar-refractivity contribution in [1.29, 1.82) is 0 Å². The summed E-state index contributed by atoms with van der Waals surface area (Å²) in [6.07, 6.45) is 0. The van der Waals surface area contributed by atoms with E-state index < -0.39 is 10.0 Å². The smallest absolute Gasteiger partial charge is 0.236 e. The fraction of sp³-hybridized carbons (Fsp3) is 0.400. The molecule has 5 heteroatoms. The van der Waals surface area contributed by atoms with Crippen molar-refractivity contribution in [2.45, 2.75) is 6.92 Å². The Hall–Kier alpha value is -1.07. The second-order valence-corrected chi connectivity index (χ2v) is 5.12. The van der Waals surface area contributed by atoms with Gasteiger partial charge in [0.15, 0.2) is 0 Å². The third-order valence-corrected chi connectivity index (χ3v) is 3.94. The highest BCUT2D eigenvalue weighted by Gasteiger charge is 2.19. The van der Waals surface area contributed by atoms with E-state index in [2.05, 4.69) is 0 Å². The van der Waals surface area contributed by atoms with Gasteiger partial charge in [-0.05, 0) is 19.1 Å². The van der Waals surface area contributed by atoms with Crippen LogP contribution in [0.5, 0.6) is 0 Å². The van der Waals surface area contributed by atoms with Crippen LogP contribution in [0.2, 0.25) is 0 Å². The maximum Gasteiger partial charge on any atom is 0.236 e. The van der Waals surface area contributed by atoms with Gasteiger partial charge in [-0.2, -0.15) is 0 Å². The van der Waals surface area contributed by atoms with Crippen molar-refractivity contribution in [3.8, 4) is 0 Å². The van der Waals surface area contributed by atoms with Crippen LogP contribution < -0.4 is 10.0 Å². The van der Waals surface area contributed by atoms with E-state index >= 15 is 0 Å². The van der Waals surface area contributed by atoms with Crippen molar-refractivity contribution < 1.29 is 8.42 Å². The van der Waals surface area contributed by atoms with E-state index in [1.807, 2.05) is 18.2 Å². The second kappa shape index (κ2) is 5.14. The van der Waals surface area contributed by atoms with Crippen LogP contribution in [0.4, 0.5) is 5.69 Å². The first-order valence-corrected chi connectivity index (χ1v) is 6.48. The summed E-state index contributed by atoms with van der Waals surface area (Å²) in [6, 6.07) is 9.04. The molecule has 0 heterocycles. The average Bonchev–Trinajstić information content (AvgIpc) is 2.19. The van der Waals surface area contributed by atoms with Crippen molar-refractivity contribution in [1.82, 2.24) is 0 Å². The Labute approximate surface area is 90.8 Å². The molecule has 0 atom stereocenters. The van der Waals surface area contributed by atoms with Crippen LogP contribution in [-0.4, -0.2) is 27.3 Å². The Balaban J connectivity index is 3.00. The summed E-state index contributed by atoms with van der Waals surface area (Å²) in [5.41, 5.74) is 5.97. The molecule has 0 fully saturated rings. The Bertz CT molecular complexity index is 389. The van der Waals surface area contributed by atoms with E-state index in [9.17, 15) is 8.42 Å². The molecule has 4 nitrogen and oxygen atoms in total. The number of nitrogens with zero attached hydrogens (tertiary/aromatic N) is 1. The third-order valence-electron chi connectivity index (χ3n) is 2.04. The fourth-order valence-corrected chi connectivity index (χ4v) is 2.75. The molecule has 1 rings (SSSR count). The molecule has 0 spiro atoms. The summed E-state index contributed by atoms with van der Waals surface area (Å²) < 4.78 is 25.0. The van der Waals surface area contributed by atoms with Crippen LogP contribution in [0.15, 0.2) is 30.3 Å². The number of rotatable bonds is 5. The number of benzene rings is 1. The Morgan fingerprint density at radius 3 is 2.33 bits per heavy atom. The van der Waals surface area contributed by atoms with E-state index in [-0.39, 0.29) is 12.3 Å². The predicted octanol–water partition coefficient (Wildman–Crippen LogP) is 0.801. The Kier molecular flexibility index (Phi) is 4.11. The van der Waals surface area contributed by atoms with Crippen molar-refractivity contribution in [3.05, 3.63) is 30.3 Å². The highest BCUT2D eigenvalue weighted by molar-refractivity contribution is 7.92. The van der Waals surface area contributed by atoms with Crippen LogP contribution in [0.1, 0.15) is 6.92 Å². The molecule has 0 saturated heterocycles. The van der Waals surface area contributed by atoms with Crippen LogP contribution in [0.25, 0.3) is 0 Å². The largest absolute Gasteiger partial charge is 0.329 e.